The monoisotopic (exact) mass is 247 g/mol. The molecule has 0 aromatic carbocycles. The van der Waals surface area contributed by atoms with Crippen LogP contribution in [0.5, 0.6) is 0 Å². The SMILES string of the molecule is N#CC1CCCCC1NC(=O)c1ccnc(F)c1. The zero-order valence-electron chi connectivity index (χ0n) is 9.90. The van der Waals surface area contributed by atoms with E-state index in [9.17, 15) is 9.18 Å². The van der Waals surface area contributed by atoms with Crippen LogP contribution < -0.4 is 5.32 Å². The molecule has 0 spiro atoms. The van der Waals surface area contributed by atoms with Crippen molar-refractivity contribution in [2.24, 2.45) is 5.92 Å². The second kappa shape index (κ2) is 5.58. The van der Waals surface area contributed by atoms with E-state index in [0.717, 1.165) is 31.7 Å². The molecule has 2 atom stereocenters. The van der Waals surface area contributed by atoms with E-state index in [1.165, 1.54) is 12.3 Å². The van der Waals surface area contributed by atoms with Crippen molar-refractivity contribution in [3.8, 4) is 6.07 Å². The molecule has 1 aromatic heterocycles. The highest BCUT2D eigenvalue weighted by atomic mass is 19.1. The highest BCUT2D eigenvalue weighted by molar-refractivity contribution is 5.94. The number of carbonyl (C=O) groups is 1. The molecule has 4 nitrogen and oxygen atoms in total. The fourth-order valence-corrected chi connectivity index (χ4v) is 2.25. The van der Waals surface area contributed by atoms with Gasteiger partial charge in [0.25, 0.3) is 5.91 Å². The first-order valence-corrected chi connectivity index (χ1v) is 6.03. The molecule has 1 saturated carbocycles. The predicted molar refractivity (Wildman–Crippen MR) is 63.0 cm³/mol. The molecule has 2 rings (SSSR count). The summed E-state index contributed by atoms with van der Waals surface area (Å²) in [6.45, 7) is 0. The molecule has 5 heteroatoms. The van der Waals surface area contributed by atoms with Crippen LogP contribution in [-0.4, -0.2) is 16.9 Å². The van der Waals surface area contributed by atoms with Crippen molar-refractivity contribution in [1.29, 1.82) is 5.26 Å². The van der Waals surface area contributed by atoms with E-state index in [0.29, 0.717) is 0 Å². The van der Waals surface area contributed by atoms with Gasteiger partial charge in [-0.15, -0.1) is 0 Å². The number of nitrogens with one attached hydrogen (secondary N) is 1. The van der Waals surface area contributed by atoms with Gasteiger partial charge in [0.15, 0.2) is 0 Å². The molecule has 0 saturated heterocycles. The number of aromatic nitrogens is 1. The fourth-order valence-electron chi connectivity index (χ4n) is 2.25. The maximum Gasteiger partial charge on any atom is 0.251 e. The lowest BCUT2D eigenvalue weighted by Gasteiger charge is -2.27. The first-order valence-electron chi connectivity index (χ1n) is 6.03. The Bertz CT molecular complexity index is 483. The summed E-state index contributed by atoms with van der Waals surface area (Å²) in [6, 6.07) is 4.65. The van der Waals surface area contributed by atoms with Gasteiger partial charge in [-0.2, -0.15) is 9.65 Å². The second-order valence-electron chi connectivity index (χ2n) is 4.47. The van der Waals surface area contributed by atoms with E-state index in [-0.39, 0.29) is 23.4 Å². The minimum atomic E-state index is -0.678. The molecule has 1 aromatic rings. The van der Waals surface area contributed by atoms with Gasteiger partial charge < -0.3 is 5.32 Å². The average molecular weight is 247 g/mol. The van der Waals surface area contributed by atoms with E-state index >= 15 is 0 Å². The molecule has 0 radical (unpaired) electrons. The third-order valence-corrected chi connectivity index (χ3v) is 3.24. The van der Waals surface area contributed by atoms with Gasteiger partial charge in [-0.05, 0) is 18.9 Å². The quantitative estimate of drug-likeness (QED) is 0.813. The van der Waals surface area contributed by atoms with Crippen molar-refractivity contribution < 1.29 is 9.18 Å². The molecule has 1 fully saturated rings. The number of halogens is 1. The first kappa shape index (κ1) is 12.5. The zero-order chi connectivity index (χ0) is 13.0. The summed E-state index contributed by atoms with van der Waals surface area (Å²) in [7, 11) is 0. The van der Waals surface area contributed by atoms with E-state index in [4.69, 9.17) is 5.26 Å². The molecular weight excluding hydrogens is 233 g/mol. The molecule has 1 aliphatic carbocycles. The summed E-state index contributed by atoms with van der Waals surface area (Å²) in [5.74, 6) is -1.17. The predicted octanol–water partition coefficient (Wildman–Crippen LogP) is 2.03. The Balaban J connectivity index is 2.05. The lowest BCUT2D eigenvalue weighted by atomic mass is 9.85. The summed E-state index contributed by atoms with van der Waals surface area (Å²) >= 11 is 0. The van der Waals surface area contributed by atoms with Crippen LogP contribution in [0.2, 0.25) is 0 Å². The number of rotatable bonds is 2. The minimum Gasteiger partial charge on any atom is -0.348 e. The van der Waals surface area contributed by atoms with Gasteiger partial charge in [0.2, 0.25) is 5.95 Å². The fraction of sp³-hybridized carbons (Fsp3) is 0.462. The summed E-state index contributed by atoms with van der Waals surface area (Å²) < 4.78 is 12.9. The van der Waals surface area contributed by atoms with Crippen molar-refractivity contribution in [2.45, 2.75) is 31.7 Å². The maximum absolute atomic E-state index is 12.9. The van der Waals surface area contributed by atoms with Gasteiger partial charge in [-0.3, -0.25) is 4.79 Å². The Kier molecular flexibility index (Phi) is 3.88. The van der Waals surface area contributed by atoms with Gasteiger partial charge in [0.05, 0.1) is 12.0 Å². The normalized spacial score (nSPS) is 23.1. The zero-order valence-corrected chi connectivity index (χ0v) is 9.90. The van der Waals surface area contributed by atoms with Gasteiger partial charge in [-0.1, -0.05) is 12.8 Å². The van der Waals surface area contributed by atoms with Gasteiger partial charge in [-0.25, -0.2) is 4.98 Å². The average Bonchev–Trinajstić information content (AvgIpc) is 2.39. The lowest BCUT2D eigenvalue weighted by Crippen LogP contribution is -2.41. The van der Waals surface area contributed by atoms with Crippen LogP contribution in [-0.2, 0) is 0 Å². The van der Waals surface area contributed by atoms with Crippen LogP contribution in [0.25, 0.3) is 0 Å². The molecule has 94 valence electrons. The molecule has 1 aliphatic rings. The molecule has 0 bridgehead atoms. The van der Waals surface area contributed by atoms with Crippen LogP contribution in [0, 0.1) is 23.2 Å². The van der Waals surface area contributed by atoms with Crippen LogP contribution in [0.15, 0.2) is 18.3 Å². The van der Waals surface area contributed by atoms with Crippen LogP contribution in [0.3, 0.4) is 0 Å². The highest BCUT2D eigenvalue weighted by Crippen LogP contribution is 2.24. The Morgan fingerprint density at radius 2 is 2.28 bits per heavy atom. The van der Waals surface area contributed by atoms with E-state index < -0.39 is 5.95 Å². The van der Waals surface area contributed by atoms with Crippen molar-refractivity contribution in [3.63, 3.8) is 0 Å². The standard InChI is InChI=1S/C13H14FN3O/c14-12-7-9(5-6-16-12)13(18)17-11-4-2-1-3-10(11)8-15/h5-7,10-11H,1-4H2,(H,17,18). The number of nitrogens with zero attached hydrogens (tertiary/aromatic N) is 2. The smallest absolute Gasteiger partial charge is 0.251 e. The van der Waals surface area contributed by atoms with Crippen molar-refractivity contribution in [3.05, 3.63) is 29.8 Å². The largest absolute Gasteiger partial charge is 0.348 e. The van der Waals surface area contributed by atoms with Crippen molar-refractivity contribution in [2.75, 3.05) is 0 Å². The van der Waals surface area contributed by atoms with Gasteiger partial charge in [0.1, 0.15) is 0 Å². The van der Waals surface area contributed by atoms with Crippen LogP contribution in [0.4, 0.5) is 4.39 Å². The molecule has 1 N–H and O–H groups in total. The third kappa shape index (κ3) is 2.83. The number of hydrogen-bond acceptors (Lipinski definition) is 3. The number of nitriles is 1. The summed E-state index contributed by atoms with van der Waals surface area (Å²) in [5, 5.41) is 11.8. The molecule has 18 heavy (non-hydrogen) atoms. The minimum absolute atomic E-state index is 0.132. The van der Waals surface area contributed by atoms with E-state index in [1.54, 1.807) is 0 Å². The molecule has 0 aliphatic heterocycles. The van der Waals surface area contributed by atoms with Gasteiger partial charge >= 0.3 is 0 Å². The molecular formula is C13H14FN3O. The van der Waals surface area contributed by atoms with Crippen molar-refractivity contribution >= 4 is 5.91 Å². The topological polar surface area (TPSA) is 65.8 Å². The maximum atomic E-state index is 12.9. The molecule has 1 amide bonds. The Labute approximate surface area is 105 Å². The lowest BCUT2D eigenvalue weighted by molar-refractivity contribution is 0.0916. The Hall–Kier alpha value is -1.96. The number of carbonyl (C=O) groups excluding carboxylic acids is 1. The van der Waals surface area contributed by atoms with E-state index in [2.05, 4.69) is 16.4 Å². The Morgan fingerprint density at radius 3 is 3.00 bits per heavy atom. The summed E-state index contributed by atoms with van der Waals surface area (Å²) in [6.07, 6.45) is 4.90. The third-order valence-electron chi connectivity index (χ3n) is 3.24. The molecule has 2 unspecified atom stereocenters. The van der Waals surface area contributed by atoms with Crippen LogP contribution in [0.1, 0.15) is 36.0 Å². The summed E-state index contributed by atoms with van der Waals surface area (Å²) in [4.78, 5) is 15.3. The van der Waals surface area contributed by atoms with Crippen LogP contribution >= 0.6 is 0 Å². The number of pyridine rings is 1. The van der Waals surface area contributed by atoms with E-state index in [1.807, 2.05) is 0 Å². The number of amides is 1. The Morgan fingerprint density at radius 1 is 1.50 bits per heavy atom. The first-order chi connectivity index (χ1) is 8.70. The second-order valence-corrected chi connectivity index (χ2v) is 4.47. The van der Waals surface area contributed by atoms with Gasteiger partial charge in [0, 0.05) is 23.9 Å². The highest BCUT2D eigenvalue weighted by Gasteiger charge is 2.26. The van der Waals surface area contributed by atoms with Crippen molar-refractivity contribution in [1.82, 2.24) is 10.3 Å². The molecule has 1 heterocycles. The summed E-state index contributed by atoms with van der Waals surface area (Å²) in [5.41, 5.74) is 0.241. The number of hydrogen-bond donors (Lipinski definition) is 1.